The highest BCUT2D eigenvalue weighted by atomic mass is 16.3. The van der Waals surface area contributed by atoms with Crippen molar-refractivity contribution >= 4 is 0 Å². The summed E-state index contributed by atoms with van der Waals surface area (Å²) in [7, 11) is 0. The summed E-state index contributed by atoms with van der Waals surface area (Å²) in [5.41, 5.74) is 0. The maximum absolute atomic E-state index is 10.6. The summed E-state index contributed by atoms with van der Waals surface area (Å²) in [6.07, 6.45) is 12.6. The third kappa shape index (κ3) is 3.85. The summed E-state index contributed by atoms with van der Waals surface area (Å²) in [5.74, 6) is 2.45. The minimum Gasteiger partial charge on any atom is -0.393 e. The van der Waals surface area contributed by atoms with Gasteiger partial charge in [0.25, 0.3) is 0 Å². The van der Waals surface area contributed by atoms with E-state index in [9.17, 15) is 15.3 Å². The molecule has 128 valence electrons. The van der Waals surface area contributed by atoms with Crippen molar-refractivity contribution in [1.29, 1.82) is 0 Å². The zero-order valence-electron chi connectivity index (χ0n) is 13.9. The van der Waals surface area contributed by atoms with Gasteiger partial charge < -0.3 is 15.3 Å². The quantitative estimate of drug-likeness (QED) is 0.750. The van der Waals surface area contributed by atoms with Gasteiger partial charge in [0.15, 0.2) is 0 Å². The Morgan fingerprint density at radius 1 is 0.545 bits per heavy atom. The van der Waals surface area contributed by atoms with Gasteiger partial charge in [-0.15, -0.1) is 0 Å². The zero-order valence-corrected chi connectivity index (χ0v) is 13.9. The predicted molar refractivity (Wildman–Crippen MR) is 87.4 cm³/mol. The van der Waals surface area contributed by atoms with Crippen LogP contribution in [-0.2, 0) is 0 Å². The van der Waals surface area contributed by atoms with E-state index in [0.717, 1.165) is 57.8 Å². The van der Waals surface area contributed by atoms with E-state index in [-0.39, 0.29) is 18.3 Å². The van der Waals surface area contributed by atoms with E-state index in [1.165, 1.54) is 19.3 Å². The van der Waals surface area contributed by atoms with Crippen molar-refractivity contribution in [2.75, 3.05) is 0 Å². The molecule has 0 saturated heterocycles. The Bertz CT molecular complexity index is 308. The molecule has 0 aromatic heterocycles. The fourth-order valence-electron chi connectivity index (χ4n) is 5.65. The van der Waals surface area contributed by atoms with Gasteiger partial charge >= 0.3 is 0 Å². The average molecular weight is 310 g/mol. The summed E-state index contributed by atoms with van der Waals surface area (Å²) in [5, 5.41) is 30.3. The zero-order chi connectivity index (χ0) is 15.5. The molecular weight excluding hydrogens is 276 g/mol. The van der Waals surface area contributed by atoms with Crippen LogP contribution in [0.1, 0.15) is 77.0 Å². The molecule has 0 aromatic carbocycles. The first-order chi connectivity index (χ1) is 10.6. The molecule has 0 heterocycles. The summed E-state index contributed by atoms with van der Waals surface area (Å²) in [6, 6.07) is 0. The highest BCUT2D eigenvalue weighted by Gasteiger charge is 2.41. The van der Waals surface area contributed by atoms with Crippen molar-refractivity contribution in [3.8, 4) is 0 Å². The topological polar surface area (TPSA) is 60.7 Å². The second-order valence-electron chi connectivity index (χ2n) is 8.23. The maximum Gasteiger partial charge on any atom is 0.0571 e. The van der Waals surface area contributed by atoms with Gasteiger partial charge in [0.1, 0.15) is 0 Å². The molecule has 3 nitrogen and oxygen atoms in total. The fourth-order valence-corrected chi connectivity index (χ4v) is 5.65. The molecule has 3 fully saturated rings. The number of aliphatic hydroxyl groups is 3. The van der Waals surface area contributed by atoms with Crippen LogP contribution in [0.15, 0.2) is 0 Å². The first-order valence-corrected chi connectivity index (χ1v) is 9.69. The SMILES string of the molecule is OC1CCC(C(C2CCC(O)CC2)C2CCCCC2O)CC1. The molecule has 0 aromatic rings. The Morgan fingerprint density at radius 3 is 1.45 bits per heavy atom. The van der Waals surface area contributed by atoms with Crippen LogP contribution in [0.3, 0.4) is 0 Å². The van der Waals surface area contributed by atoms with Gasteiger partial charge in [-0.2, -0.15) is 0 Å². The molecule has 3 rings (SSSR count). The third-order valence-corrected chi connectivity index (χ3v) is 6.85. The Morgan fingerprint density at radius 2 is 1.00 bits per heavy atom. The van der Waals surface area contributed by atoms with Gasteiger partial charge in [0.05, 0.1) is 18.3 Å². The molecule has 3 aliphatic rings. The standard InChI is InChI=1S/C19H34O3/c20-15-9-5-13(6-10-15)19(14-7-11-16(21)12-8-14)17-3-1-2-4-18(17)22/h13-22H,1-12H2. The van der Waals surface area contributed by atoms with Gasteiger partial charge in [-0.05, 0) is 87.9 Å². The lowest BCUT2D eigenvalue weighted by atomic mass is 9.61. The minimum atomic E-state index is -0.113. The van der Waals surface area contributed by atoms with Crippen LogP contribution in [0.4, 0.5) is 0 Å². The molecule has 0 aliphatic heterocycles. The van der Waals surface area contributed by atoms with Crippen LogP contribution in [-0.4, -0.2) is 33.6 Å². The monoisotopic (exact) mass is 310 g/mol. The maximum atomic E-state index is 10.6. The van der Waals surface area contributed by atoms with E-state index in [1.807, 2.05) is 0 Å². The highest BCUT2D eigenvalue weighted by Crippen LogP contribution is 2.47. The van der Waals surface area contributed by atoms with Crippen LogP contribution in [0.2, 0.25) is 0 Å². The van der Waals surface area contributed by atoms with E-state index < -0.39 is 0 Å². The van der Waals surface area contributed by atoms with Crippen molar-refractivity contribution in [2.45, 2.75) is 95.4 Å². The molecule has 3 N–H and O–H groups in total. The summed E-state index contributed by atoms with van der Waals surface area (Å²) in [4.78, 5) is 0. The van der Waals surface area contributed by atoms with Crippen LogP contribution < -0.4 is 0 Å². The third-order valence-electron chi connectivity index (χ3n) is 6.85. The fraction of sp³-hybridized carbons (Fsp3) is 1.00. The normalized spacial score (nSPS) is 45.4. The lowest BCUT2D eigenvalue weighted by Crippen LogP contribution is -2.42. The largest absolute Gasteiger partial charge is 0.393 e. The summed E-state index contributed by atoms with van der Waals surface area (Å²) >= 11 is 0. The number of aliphatic hydroxyl groups excluding tert-OH is 3. The molecule has 3 heteroatoms. The molecule has 2 unspecified atom stereocenters. The van der Waals surface area contributed by atoms with E-state index in [4.69, 9.17) is 0 Å². The van der Waals surface area contributed by atoms with Crippen LogP contribution in [0.25, 0.3) is 0 Å². The van der Waals surface area contributed by atoms with Crippen molar-refractivity contribution in [2.24, 2.45) is 23.7 Å². The van der Waals surface area contributed by atoms with E-state index >= 15 is 0 Å². The number of rotatable bonds is 3. The molecule has 2 atom stereocenters. The van der Waals surface area contributed by atoms with E-state index in [1.54, 1.807) is 0 Å². The molecule has 0 radical (unpaired) electrons. The highest BCUT2D eigenvalue weighted by molar-refractivity contribution is 4.92. The lowest BCUT2D eigenvalue weighted by molar-refractivity contribution is -0.0370. The predicted octanol–water partition coefficient (Wildman–Crippen LogP) is 3.26. The van der Waals surface area contributed by atoms with Crippen LogP contribution >= 0.6 is 0 Å². The van der Waals surface area contributed by atoms with E-state index in [0.29, 0.717) is 23.7 Å². The van der Waals surface area contributed by atoms with Gasteiger partial charge in [-0.1, -0.05) is 12.8 Å². The number of hydrogen-bond donors (Lipinski definition) is 3. The Kier molecular flexibility index (Phi) is 5.80. The molecule has 0 spiro atoms. The van der Waals surface area contributed by atoms with E-state index in [2.05, 4.69) is 0 Å². The molecule has 3 aliphatic carbocycles. The first-order valence-electron chi connectivity index (χ1n) is 9.69. The van der Waals surface area contributed by atoms with Gasteiger partial charge in [0, 0.05) is 0 Å². The van der Waals surface area contributed by atoms with Gasteiger partial charge in [0.2, 0.25) is 0 Å². The average Bonchev–Trinajstić information content (AvgIpc) is 2.53. The van der Waals surface area contributed by atoms with Crippen LogP contribution in [0.5, 0.6) is 0 Å². The second-order valence-corrected chi connectivity index (χ2v) is 8.23. The molecule has 0 bridgehead atoms. The second kappa shape index (κ2) is 7.63. The van der Waals surface area contributed by atoms with Gasteiger partial charge in [-0.25, -0.2) is 0 Å². The van der Waals surface area contributed by atoms with Crippen molar-refractivity contribution in [3.63, 3.8) is 0 Å². The molecule has 0 amide bonds. The summed E-state index contributed by atoms with van der Waals surface area (Å²) in [6.45, 7) is 0. The smallest absolute Gasteiger partial charge is 0.0571 e. The minimum absolute atomic E-state index is 0.0960. The molecule has 3 saturated carbocycles. The summed E-state index contributed by atoms with van der Waals surface area (Å²) < 4.78 is 0. The molecule has 22 heavy (non-hydrogen) atoms. The first kappa shape index (κ1) is 16.7. The lowest BCUT2D eigenvalue weighted by Gasteiger charge is -2.46. The van der Waals surface area contributed by atoms with Crippen LogP contribution in [0, 0.1) is 23.7 Å². The van der Waals surface area contributed by atoms with Crippen molar-refractivity contribution < 1.29 is 15.3 Å². The van der Waals surface area contributed by atoms with Gasteiger partial charge in [-0.3, -0.25) is 0 Å². The van der Waals surface area contributed by atoms with Crippen molar-refractivity contribution in [3.05, 3.63) is 0 Å². The molecular formula is C19H34O3. The van der Waals surface area contributed by atoms with Crippen molar-refractivity contribution in [1.82, 2.24) is 0 Å². The Labute approximate surface area is 135 Å². The Hall–Kier alpha value is -0.120. The number of hydrogen-bond acceptors (Lipinski definition) is 3. The Balaban J connectivity index is 1.72.